The van der Waals surface area contributed by atoms with E-state index in [1.807, 2.05) is 0 Å². The van der Waals surface area contributed by atoms with E-state index in [-0.39, 0.29) is 0 Å². The molecular formula is C29H51N. The topological polar surface area (TPSA) is 3.24 Å². The summed E-state index contributed by atoms with van der Waals surface area (Å²) in [5, 5.41) is 0. The fraction of sp³-hybridized carbons (Fsp3) is 0.655. The molecule has 0 saturated heterocycles. The van der Waals surface area contributed by atoms with Crippen LogP contribution in [0.2, 0.25) is 0 Å². The van der Waals surface area contributed by atoms with Crippen molar-refractivity contribution < 1.29 is 0 Å². The standard InChI is InChI=1S/C29H51N/c1-25(2)15-11-18-28(5)21-12-19-26(3)16-9-10-17-27(4)20-13-22-29(6)23-14-24-30(7)8/h15-17,21-22H,9-14,18-20,23-24H2,1-8H3/b26-16-,27-17-,28-21-,29-22-. The average molecular weight is 414 g/mol. The van der Waals surface area contributed by atoms with Crippen molar-refractivity contribution >= 4 is 0 Å². The van der Waals surface area contributed by atoms with Crippen molar-refractivity contribution in [2.24, 2.45) is 0 Å². The summed E-state index contributed by atoms with van der Waals surface area (Å²) < 4.78 is 0. The minimum atomic E-state index is 1.17. The Morgan fingerprint density at radius 3 is 1.27 bits per heavy atom. The molecule has 172 valence electrons. The van der Waals surface area contributed by atoms with Crippen molar-refractivity contribution in [1.29, 1.82) is 0 Å². The predicted molar refractivity (Wildman–Crippen MR) is 139 cm³/mol. The molecular weight excluding hydrogens is 362 g/mol. The van der Waals surface area contributed by atoms with Crippen LogP contribution < -0.4 is 0 Å². The van der Waals surface area contributed by atoms with Gasteiger partial charge in [-0.25, -0.2) is 0 Å². The maximum Gasteiger partial charge on any atom is -0.00218 e. The van der Waals surface area contributed by atoms with Gasteiger partial charge in [-0.15, -0.1) is 0 Å². The van der Waals surface area contributed by atoms with E-state index in [1.54, 1.807) is 5.57 Å². The van der Waals surface area contributed by atoms with Gasteiger partial charge in [0.25, 0.3) is 0 Å². The lowest BCUT2D eigenvalue weighted by Gasteiger charge is -2.09. The lowest BCUT2D eigenvalue weighted by Crippen LogP contribution is -2.12. The van der Waals surface area contributed by atoms with Gasteiger partial charge in [-0.1, -0.05) is 58.2 Å². The van der Waals surface area contributed by atoms with Crippen molar-refractivity contribution in [3.63, 3.8) is 0 Å². The number of hydrogen-bond donors (Lipinski definition) is 0. The largest absolute Gasteiger partial charge is 0.309 e. The molecule has 0 amide bonds. The fourth-order valence-electron chi connectivity index (χ4n) is 3.42. The van der Waals surface area contributed by atoms with Gasteiger partial charge in [-0.3, -0.25) is 0 Å². The molecule has 0 fully saturated rings. The van der Waals surface area contributed by atoms with Gasteiger partial charge in [-0.05, 0) is 126 Å². The molecule has 0 aliphatic heterocycles. The Balaban J connectivity index is 4.01. The van der Waals surface area contributed by atoms with Crippen LogP contribution >= 0.6 is 0 Å². The van der Waals surface area contributed by atoms with Crippen LogP contribution in [0.1, 0.15) is 106 Å². The third-order valence-corrected chi connectivity index (χ3v) is 5.48. The van der Waals surface area contributed by atoms with Gasteiger partial charge in [0, 0.05) is 0 Å². The molecule has 0 bridgehead atoms. The molecule has 0 aromatic rings. The van der Waals surface area contributed by atoms with Gasteiger partial charge in [0.15, 0.2) is 0 Å². The summed E-state index contributed by atoms with van der Waals surface area (Å²) in [7, 11) is 4.30. The molecule has 0 aliphatic rings. The Morgan fingerprint density at radius 1 is 0.500 bits per heavy atom. The van der Waals surface area contributed by atoms with Crippen molar-refractivity contribution in [1.82, 2.24) is 4.90 Å². The predicted octanol–water partition coefficient (Wildman–Crippen LogP) is 9.20. The van der Waals surface area contributed by atoms with E-state index in [9.17, 15) is 0 Å². The molecule has 0 rings (SSSR count). The maximum absolute atomic E-state index is 2.44. The van der Waals surface area contributed by atoms with Crippen LogP contribution in [-0.2, 0) is 0 Å². The van der Waals surface area contributed by atoms with E-state index in [0.717, 1.165) is 0 Å². The fourth-order valence-corrected chi connectivity index (χ4v) is 3.42. The molecule has 0 aromatic carbocycles. The highest BCUT2D eigenvalue weighted by Gasteiger charge is 1.95. The van der Waals surface area contributed by atoms with Gasteiger partial charge < -0.3 is 4.90 Å². The zero-order chi connectivity index (χ0) is 22.8. The lowest BCUT2D eigenvalue weighted by molar-refractivity contribution is 0.400. The first-order valence-corrected chi connectivity index (χ1v) is 12.1. The average Bonchev–Trinajstić information content (AvgIpc) is 2.64. The van der Waals surface area contributed by atoms with Crippen LogP contribution in [0, 0.1) is 0 Å². The first kappa shape index (κ1) is 28.7. The molecule has 30 heavy (non-hydrogen) atoms. The van der Waals surface area contributed by atoms with Crippen molar-refractivity contribution in [2.45, 2.75) is 106 Å². The molecule has 0 unspecified atom stereocenters. The van der Waals surface area contributed by atoms with Gasteiger partial charge in [0.05, 0.1) is 0 Å². The van der Waals surface area contributed by atoms with Gasteiger partial charge in [0.2, 0.25) is 0 Å². The number of nitrogens with zero attached hydrogens (tertiary/aromatic N) is 1. The SMILES string of the molecule is CC(C)=CCC/C(C)=C\CC/C(C)=C\CC/C=C(/C)CC/C=C(/C)CCCN(C)C. The summed E-state index contributed by atoms with van der Waals surface area (Å²) in [5.74, 6) is 0. The Bertz CT molecular complexity index is 592. The van der Waals surface area contributed by atoms with Crippen LogP contribution in [0.3, 0.4) is 0 Å². The molecule has 0 heterocycles. The zero-order valence-electron chi connectivity index (χ0n) is 21.6. The van der Waals surface area contributed by atoms with Crippen LogP contribution in [0.5, 0.6) is 0 Å². The number of unbranched alkanes of at least 4 members (excludes halogenated alkanes) is 1. The molecule has 0 saturated carbocycles. The molecule has 0 aromatic heterocycles. The normalized spacial score (nSPS) is 13.9. The first-order chi connectivity index (χ1) is 14.2. The summed E-state index contributed by atoms with van der Waals surface area (Å²) >= 11 is 0. The second-order valence-electron chi connectivity index (χ2n) is 9.58. The molecule has 0 aliphatic carbocycles. The zero-order valence-corrected chi connectivity index (χ0v) is 21.6. The smallest absolute Gasteiger partial charge is 0.00218 e. The Labute approximate surface area is 189 Å². The maximum atomic E-state index is 2.44. The molecule has 1 heteroatoms. The molecule has 0 spiro atoms. The quantitative estimate of drug-likeness (QED) is 0.180. The van der Waals surface area contributed by atoms with Crippen LogP contribution in [0.25, 0.3) is 0 Å². The van der Waals surface area contributed by atoms with Crippen molar-refractivity contribution in [3.8, 4) is 0 Å². The summed E-state index contributed by atoms with van der Waals surface area (Å²) in [6.07, 6.45) is 24.0. The van der Waals surface area contributed by atoms with E-state index in [1.165, 1.54) is 93.0 Å². The van der Waals surface area contributed by atoms with E-state index in [0.29, 0.717) is 0 Å². The van der Waals surface area contributed by atoms with Crippen molar-refractivity contribution in [3.05, 3.63) is 58.2 Å². The second kappa shape index (κ2) is 18.4. The van der Waals surface area contributed by atoms with Crippen LogP contribution in [-0.4, -0.2) is 25.5 Å². The highest BCUT2D eigenvalue weighted by Crippen LogP contribution is 2.14. The van der Waals surface area contributed by atoms with Crippen LogP contribution in [0.4, 0.5) is 0 Å². The van der Waals surface area contributed by atoms with Gasteiger partial charge in [-0.2, -0.15) is 0 Å². The number of allylic oxidation sites excluding steroid dienone is 10. The van der Waals surface area contributed by atoms with E-state index in [4.69, 9.17) is 0 Å². The van der Waals surface area contributed by atoms with E-state index < -0.39 is 0 Å². The molecule has 0 atom stereocenters. The Morgan fingerprint density at radius 2 is 0.867 bits per heavy atom. The summed E-state index contributed by atoms with van der Waals surface area (Å²) in [6, 6.07) is 0. The van der Waals surface area contributed by atoms with Gasteiger partial charge >= 0.3 is 0 Å². The number of hydrogen-bond acceptors (Lipinski definition) is 1. The lowest BCUT2D eigenvalue weighted by atomic mass is 10.0. The first-order valence-electron chi connectivity index (χ1n) is 12.1. The van der Waals surface area contributed by atoms with E-state index >= 15 is 0 Å². The summed E-state index contributed by atoms with van der Waals surface area (Å²) in [5.41, 5.74) is 7.57. The minimum absolute atomic E-state index is 1.17. The third-order valence-electron chi connectivity index (χ3n) is 5.48. The van der Waals surface area contributed by atoms with Crippen molar-refractivity contribution in [2.75, 3.05) is 20.6 Å². The highest BCUT2D eigenvalue weighted by molar-refractivity contribution is 5.07. The van der Waals surface area contributed by atoms with Crippen LogP contribution in [0.15, 0.2) is 58.2 Å². The molecule has 1 nitrogen and oxygen atoms in total. The molecule has 0 N–H and O–H groups in total. The monoisotopic (exact) mass is 413 g/mol. The van der Waals surface area contributed by atoms with E-state index in [2.05, 4.69) is 90.9 Å². The third kappa shape index (κ3) is 20.0. The Kier molecular flexibility index (Phi) is 17.6. The van der Waals surface area contributed by atoms with Gasteiger partial charge in [0.1, 0.15) is 0 Å². The summed E-state index contributed by atoms with van der Waals surface area (Å²) in [4.78, 5) is 2.27. The Hall–Kier alpha value is -1.34. The number of rotatable bonds is 16. The summed E-state index contributed by atoms with van der Waals surface area (Å²) in [6.45, 7) is 14.7. The second-order valence-corrected chi connectivity index (χ2v) is 9.58. The minimum Gasteiger partial charge on any atom is -0.309 e. The molecule has 0 radical (unpaired) electrons. The highest BCUT2D eigenvalue weighted by atomic mass is 15.0.